The van der Waals surface area contributed by atoms with Gasteiger partial charge in [0.05, 0.1) is 24.8 Å². The maximum absolute atomic E-state index is 8.82. The van der Waals surface area contributed by atoms with Gasteiger partial charge in [0.15, 0.2) is 0 Å². The summed E-state index contributed by atoms with van der Waals surface area (Å²) in [7, 11) is 1.54. The predicted octanol–water partition coefficient (Wildman–Crippen LogP) is 1.76. The Labute approximate surface area is 94.2 Å². The van der Waals surface area contributed by atoms with E-state index in [1.165, 1.54) is 7.11 Å². The van der Waals surface area contributed by atoms with Gasteiger partial charge >= 0.3 is 0 Å². The van der Waals surface area contributed by atoms with Crippen LogP contribution in [0.3, 0.4) is 0 Å². The molecule has 0 aliphatic carbocycles. The summed E-state index contributed by atoms with van der Waals surface area (Å²) in [6.45, 7) is -0.0925. The van der Waals surface area contributed by atoms with Crippen LogP contribution in [0.4, 0.5) is 0 Å². The summed E-state index contributed by atoms with van der Waals surface area (Å²) < 4.78 is 5.01. The molecule has 0 aromatic heterocycles. The van der Waals surface area contributed by atoms with Crippen LogP contribution >= 0.6 is 24.0 Å². The highest BCUT2D eigenvalue weighted by atomic mass is 35.5. The molecule has 1 atom stereocenters. The summed E-state index contributed by atoms with van der Waals surface area (Å²) in [5, 5.41) is 9.36. The Kier molecular flexibility index (Phi) is 5.88. The van der Waals surface area contributed by atoms with Gasteiger partial charge in [-0.2, -0.15) is 0 Å². The molecule has 0 spiro atoms. The lowest BCUT2D eigenvalue weighted by atomic mass is 10.1. The fourth-order valence-electron chi connectivity index (χ4n) is 1.01. The quantitative estimate of drug-likeness (QED) is 0.843. The van der Waals surface area contributed by atoms with Crippen LogP contribution in [0, 0.1) is 0 Å². The summed E-state index contributed by atoms with van der Waals surface area (Å²) in [5.41, 5.74) is 6.43. The van der Waals surface area contributed by atoms with E-state index in [9.17, 15) is 0 Å². The van der Waals surface area contributed by atoms with Gasteiger partial charge in [-0.15, -0.1) is 12.4 Å². The molecule has 1 aromatic carbocycles. The average Bonchev–Trinajstić information content (AvgIpc) is 2.17. The number of nitrogens with two attached hydrogens (primary N) is 1. The van der Waals surface area contributed by atoms with Gasteiger partial charge in [0.25, 0.3) is 0 Å². The number of methoxy groups -OCH3 is 1. The van der Waals surface area contributed by atoms with E-state index in [2.05, 4.69) is 0 Å². The Morgan fingerprint density at radius 1 is 1.57 bits per heavy atom. The first-order valence-electron chi connectivity index (χ1n) is 3.89. The minimum atomic E-state index is -0.383. The molecule has 3 N–H and O–H groups in total. The van der Waals surface area contributed by atoms with E-state index in [1.807, 2.05) is 0 Å². The van der Waals surface area contributed by atoms with Crippen molar-refractivity contribution in [1.82, 2.24) is 0 Å². The fraction of sp³-hybridized carbons (Fsp3) is 0.333. The minimum absolute atomic E-state index is 0. The Morgan fingerprint density at radius 2 is 2.21 bits per heavy atom. The molecule has 1 aromatic rings. The van der Waals surface area contributed by atoms with Gasteiger partial charge < -0.3 is 15.6 Å². The van der Waals surface area contributed by atoms with E-state index in [4.69, 9.17) is 27.2 Å². The molecule has 0 heterocycles. The van der Waals surface area contributed by atoms with Crippen LogP contribution in [0.1, 0.15) is 11.6 Å². The second kappa shape index (κ2) is 6.09. The molecule has 0 bridgehead atoms. The highest BCUT2D eigenvalue weighted by molar-refractivity contribution is 6.32. The first-order valence-corrected chi connectivity index (χ1v) is 4.26. The van der Waals surface area contributed by atoms with Crippen LogP contribution in [0.25, 0.3) is 0 Å². The molecule has 5 heteroatoms. The van der Waals surface area contributed by atoms with Gasteiger partial charge in [0.2, 0.25) is 0 Å². The van der Waals surface area contributed by atoms with Gasteiger partial charge in [-0.1, -0.05) is 17.7 Å². The lowest BCUT2D eigenvalue weighted by molar-refractivity contribution is 0.267. The summed E-state index contributed by atoms with van der Waals surface area (Å²) in [4.78, 5) is 0. The second-order valence-corrected chi connectivity index (χ2v) is 3.09. The van der Waals surface area contributed by atoms with Crippen LogP contribution in [0.5, 0.6) is 5.75 Å². The lowest BCUT2D eigenvalue weighted by Gasteiger charge is -2.10. The number of hydrogen-bond acceptors (Lipinski definition) is 3. The van der Waals surface area contributed by atoms with E-state index < -0.39 is 0 Å². The maximum Gasteiger partial charge on any atom is 0.137 e. The Balaban J connectivity index is 0.00000169. The zero-order valence-electron chi connectivity index (χ0n) is 7.74. The number of hydrogen-bond donors (Lipinski definition) is 2. The van der Waals surface area contributed by atoms with E-state index >= 15 is 0 Å². The summed E-state index contributed by atoms with van der Waals surface area (Å²) in [6.07, 6.45) is 0. The van der Waals surface area contributed by atoms with E-state index in [1.54, 1.807) is 18.2 Å². The smallest absolute Gasteiger partial charge is 0.137 e. The van der Waals surface area contributed by atoms with Crippen molar-refractivity contribution >= 4 is 24.0 Å². The molecule has 3 nitrogen and oxygen atoms in total. The maximum atomic E-state index is 8.82. The summed E-state index contributed by atoms with van der Waals surface area (Å²) in [5.74, 6) is 0.572. The number of rotatable bonds is 3. The van der Waals surface area contributed by atoms with Crippen molar-refractivity contribution in [2.24, 2.45) is 5.73 Å². The molecule has 0 amide bonds. The van der Waals surface area contributed by atoms with Crippen molar-refractivity contribution in [2.45, 2.75) is 6.04 Å². The van der Waals surface area contributed by atoms with Gasteiger partial charge in [-0.05, 0) is 17.7 Å². The number of aliphatic hydroxyl groups excluding tert-OH is 1. The molecule has 0 aliphatic rings. The molecule has 0 unspecified atom stereocenters. The third-order valence-corrected chi connectivity index (χ3v) is 2.11. The van der Waals surface area contributed by atoms with Crippen molar-refractivity contribution in [3.63, 3.8) is 0 Å². The van der Waals surface area contributed by atoms with E-state index in [0.29, 0.717) is 10.8 Å². The molecule has 0 radical (unpaired) electrons. The molecule has 14 heavy (non-hydrogen) atoms. The molecular formula is C9H13Cl2NO2. The van der Waals surface area contributed by atoms with Crippen molar-refractivity contribution in [3.8, 4) is 5.75 Å². The molecule has 0 saturated carbocycles. The van der Waals surface area contributed by atoms with Gasteiger partial charge in [0, 0.05) is 0 Å². The van der Waals surface area contributed by atoms with Crippen molar-refractivity contribution in [2.75, 3.05) is 13.7 Å². The highest BCUT2D eigenvalue weighted by Gasteiger charge is 2.07. The summed E-state index contributed by atoms with van der Waals surface area (Å²) in [6, 6.07) is 4.81. The van der Waals surface area contributed by atoms with Crippen molar-refractivity contribution in [1.29, 1.82) is 0 Å². The first-order chi connectivity index (χ1) is 6.19. The largest absolute Gasteiger partial charge is 0.495 e. The molecular weight excluding hydrogens is 225 g/mol. The van der Waals surface area contributed by atoms with Crippen molar-refractivity contribution < 1.29 is 9.84 Å². The van der Waals surface area contributed by atoms with Crippen LogP contribution in [-0.2, 0) is 0 Å². The monoisotopic (exact) mass is 237 g/mol. The highest BCUT2D eigenvalue weighted by Crippen LogP contribution is 2.26. The third-order valence-electron chi connectivity index (χ3n) is 1.80. The van der Waals surface area contributed by atoms with Gasteiger partial charge in [-0.3, -0.25) is 0 Å². The normalized spacial score (nSPS) is 11.7. The Bertz CT molecular complexity index is 294. The minimum Gasteiger partial charge on any atom is -0.495 e. The SMILES string of the molecule is COc1cc([C@@H](N)CO)ccc1Cl.Cl. The number of halogens is 2. The Hall–Kier alpha value is -0.480. The molecule has 0 aliphatic heterocycles. The molecule has 0 fully saturated rings. The Morgan fingerprint density at radius 3 is 2.71 bits per heavy atom. The topological polar surface area (TPSA) is 55.5 Å². The van der Waals surface area contributed by atoms with E-state index in [0.717, 1.165) is 5.56 Å². The fourth-order valence-corrected chi connectivity index (χ4v) is 1.21. The number of aliphatic hydroxyl groups is 1. The zero-order valence-corrected chi connectivity index (χ0v) is 9.31. The first kappa shape index (κ1) is 13.5. The third kappa shape index (κ3) is 3.03. The molecule has 80 valence electrons. The van der Waals surface area contributed by atoms with Gasteiger partial charge in [-0.25, -0.2) is 0 Å². The second-order valence-electron chi connectivity index (χ2n) is 2.68. The van der Waals surface area contributed by atoms with Crippen LogP contribution in [0.2, 0.25) is 5.02 Å². The molecule has 0 saturated heterocycles. The van der Waals surface area contributed by atoms with Gasteiger partial charge in [0.1, 0.15) is 5.75 Å². The average molecular weight is 238 g/mol. The summed E-state index contributed by atoms with van der Waals surface area (Å²) >= 11 is 5.82. The van der Waals surface area contributed by atoms with Crippen LogP contribution in [-0.4, -0.2) is 18.8 Å². The van der Waals surface area contributed by atoms with E-state index in [-0.39, 0.29) is 25.1 Å². The van der Waals surface area contributed by atoms with Crippen molar-refractivity contribution in [3.05, 3.63) is 28.8 Å². The lowest BCUT2D eigenvalue weighted by Crippen LogP contribution is -2.14. The standard InChI is InChI=1S/C9H12ClNO2.ClH/c1-13-9-4-6(8(11)5-12)2-3-7(9)10;/h2-4,8,12H,5,11H2,1H3;1H/t8-;/m0./s1. The van der Waals surface area contributed by atoms with Crippen LogP contribution < -0.4 is 10.5 Å². The molecule has 1 rings (SSSR count). The zero-order chi connectivity index (χ0) is 9.84. The predicted molar refractivity (Wildman–Crippen MR) is 59.3 cm³/mol. The number of ether oxygens (including phenoxy) is 1. The number of benzene rings is 1. The van der Waals surface area contributed by atoms with Crippen LogP contribution in [0.15, 0.2) is 18.2 Å².